The summed E-state index contributed by atoms with van der Waals surface area (Å²) in [4.78, 5) is 40.2. The van der Waals surface area contributed by atoms with Crippen LogP contribution in [0.5, 0.6) is 0 Å². The first kappa shape index (κ1) is 24.7. The van der Waals surface area contributed by atoms with E-state index in [1.54, 1.807) is 0 Å². The summed E-state index contributed by atoms with van der Waals surface area (Å²) in [6.07, 6.45) is 3.31. The molecule has 1 aliphatic rings. The average Bonchev–Trinajstić information content (AvgIpc) is 3.20. The van der Waals surface area contributed by atoms with Gasteiger partial charge in [0.1, 0.15) is 11.4 Å². The number of carbonyl (C=O) groups is 2. The summed E-state index contributed by atoms with van der Waals surface area (Å²) in [6, 6.07) is 9.11. The number of aromatic amines is 1. The van der Waals surface area contributed by atoms with Crippen molar-refractivity contribution < 1.29 is 14.3 Å². The van der Waals surface area contributed by atoms with Gasteiger partial charge in [0.15, 0.2) is 0 Å². The third-order valence-electron chi connectivity index (χ3n) is 6.41. The van der Waals surface area contributed by atoms with Crippen molar-refractivity contribution in [3.8, 4) is 0 Å². The lowest BCUT2D eigenvalue weighted by Gasteiger charge is -2.33. The molecule has 0 radical (unpaired) electrons. The minimum Gasteiger partial charge on any atom is -0.444 e. The Hall–Kier alpha value is -3.42. The Labute approximate surface area is 206 Å². The quantitative estimate of drug-likeness (QED) is 0.542. The van der Waals surface area contributed by atoms with Crippen LogP contribution in [-0.4, -0.2) is 50.5 Å². The molecule has 2 amide bonds. The van der Waals surface area contributed by atoms with Gasteiger partial charge in [-0.2, -0.15) is 0 Å². The van der Waals surface area contributed by atoms with Crippen molar-refractivity contribution in [2.45, 2.75) is 71.4 Å². The molecule has 3 aromatic rings. The van der Waals surface area contributed by atoms with Crippen LogP contribution in [-0.2, 0) is 9.53 Å². The van der Waals surface area contributed by atoms with Gasteiger partial charge < -0.3 is 19.9 Å². The van der Waals surface area contributed by atoms with Gasteiger partial charge in [-0.05, 0) is 58.9 Å². The SMILES string of the molecule is Cc1nc2c(C3CCN(C(=O)CC(NC(=O)OC(C)(C)C)c4ccccc4)CC3)cnc(C)c2[nH]1. The molecule has 0 saturated carbocycles. The highest BCUT2D eigenvalue weighted by atomic mass is 16.6. The first-order chi connectivity index (χ1) is 16.6. The number of nitrogens with zero attached hydrogens (tertiary/aromatic N) is 3. The maximum absolute atomic E-state index is 13.3. The van der Waals surface area contributed by atoms with E-state index in [1.807, 2.05) is 76.0 Å². The van der Waals surface area contributed by atoms with Crippen molar-refractivity contribution in [1.29, 1.82) is 0 Å². The van der Waals surface area contributed by atoms with Crippen LogP contribution in [0.3, 0.4) is 0 Å². The molecule has 8 nitrogen and oxygen atoms in total. The number of H-pyrrole nitrogens is 1. The first-order valence-electron chi connectivity index (χ1n) is 12.2. The molecule has 3 heterocycles. The Morgan fingerprint density at radius 1 is 1.17 bits per heavy atom. The van der Waals surface area contributed by atoms with Crippen molar-refractivity contribution in [1.82, 2.24) is 25.2 Å². The lowest BCUT2D eigenvalue weighted by molar-refractivity contribution is -0.132. The van der Waals surface area contributed by atoms with Crippen molar-refractivity contribution in [2.75, 3.05) is 13.1 Å². The molecule has 2 aromatic heterocycles. The molecule has 1 aliphatic heterocycles. The Balaban J connectivity index is 1.42. The fraction of sp³-hybridized carbons (Fsp3) is 0.481. The van der Waals surface area contributed by atoms with E-state index >= 15 is 0 Å². The van der Waals surface area contributed by atoms with Crippen molar-refractivity contribution in [3.05, 3.63) is 59.2 Å². The van der Waals surface area contributed by atoms with E-state index in [0.29, 0.717) is 19.0 Å². The van der Waals surface area contributed by atoms with Gasteiger partial charge in [0, 0.05) is 24.8 Å². The van der Waals surface area contributed by atoms with Gasteiger partial charge in [0.05, 0.1) is 29.2 Å². The number of imidazole rings is 1. The molecule has 4 rings (SSSR count). The monoisotopic (exact) mass is 477 g/mol. The minimum absolute atomic E-state index is 0.0242. The second-order valence-corrected chi connectivity index (χ2v) is 10.3. The maximum atomic E-state index is 13.3. The molecule has 1 unspecified atom stereocenters. The van der Waals surface area contributed by atoms with Gasteiger partial charge in [0.2, 0.25) is 5.91 Å². The zero-order chi connectivity index (χ0) is 25.2. The van der Waals surface area contributed by atoms with E-state index in [2.05, 4.69) is 15.3 Å². The number of alkyl carbamates (subject to hydrolysis) is 1. The standard InChI is InChI=1S/C27H35N5O3/c1-17-24-25(30-18(2)29-24)21(16-28-17)19-11-13-32(14-12-19)23(33)15-22(20-9-7-6-8-10-20)31-26(34)35-27(3,4)5/h6-10,16,19,22H,11-15H2,1-5H3,(H,29,30)(H,31,34). The lowest BCUT2D eigenvalue weighted by Crippen LogP contribution is -2.41. The Morgan fingerprint density at radius 3 is 2.51 bits per heavy atom. The van der Waals surface area contributed by atoms with E-state index in [-0.39, 0.29) is 12.3 Å². The number of fused-ring (bicyclic) bond motifs is 1. The van der Waals surface area contributed by atoms with Crippen molar-refractivity contribution in [2.24, 2.45) is 0 Å². The van der Waals surface area contributed by atoms with E-state index in [9.17, 15) is 9.59 Å². The summed E-state index contributed by atoms with van der Waals surface area (Å²) in [5.41, 5.74) is 4.35. The largest absolute Gasteiger partial charge is 0.444 e. The first-order valence-corrected chi connectivity index (χ1v) is 12.2. The highest BCUT2D eigenvalue weighted by Gasteiger charge is 2.29. The van der Waals surface area contributed by atoms with Gasteiger partial charge in [-0.1, -0.05) is 30.3 Å². The Bertz CT molecular complexity index is 1190. The van der Waals surface area contributed by atoms with Crippen LogP contribution in [0.15, 0.2) is 36.5 Å². The van der Waals surface area contributed by atoms with Crippen LogP contribution >= 0.6 is 0 Å². The Morgan fingerprint density at radius 2 is 1.86 bits per heavy atom. The molecule has 1 saturated heterocycles. The van der Waals surface area contributed by atoms with Crippen LogP contribution in [0.1, 0.15) is 74.6 Å². The maximum Gasteiger partial charge on any atom is 0.408 e. The molecule has 0 spiro atoms. The molecular weight excluding hydrogens is 442 g/mol. The van der Waals surface area contributed by atoms with Crippen LogP contribution in [0, 0.1) is 13.8 Å². The van der Waals surface area contributed by atoms with Gasteiger partial charge >= 0.3 is 6.09 Å². The van der Waals surface area contributed by atoms with Gasteiger partial charge in [-0.3, -0.25) is 9.78 Å². The molecule has 1 atom stereocenters. The second-order valence-electron chi connectivity index (χ2n) is 10.3. The topological polar surface area (TPSA) is 100 Å². The highest BCUT2D eigenvalue weighted by molar-refractivity contribution is 5.81. The number of hydrogen-bond acceptors (Lipinski definition) is 5. The predicted octanol–water partition coefficient (Wildman–Crippen LogP) is 4.94. The smallest absolute Gasteiger partial charge is 0.408 e. The average molecular weight is 478 g/mol. The third kappa shape index (κ3) is 5.99. The molecule has 8 heteroatoms. The van der Waals surface area contributed by atoms with E-state index in [4.69, 9.17) is 9.72 Å². The zero-order valence-electron chi connectivity index (χ0n) is 21.2. The molecule has 1 fully saturated rings. The fourth-order valence-electron chi connectivity index (χ4n) is 4.68. The number of nitrogens with one attached hydrogen (secondary N) is 2. The number of benzene rings is 1. The normalized spacial score (nSPS) is 15.7. The molecule has 2 N–H and O–H groups in total. The number of pyridine rings is 1. The minimum atomic E-state index is -0.611. The predicted molar refractivity (Wildman–Crippen MR) is 135 cm³/mol. The van der Waals surface area contributed by atoms with Crippen molar-refractivity contribution >= 4 is 23.0 Å². The molecule has 186 valence electrons. The highest BCUT2D eigenvalue weighted by Crippen LogP contribution is 2.33. The molecule has 35 heavy (non-hydrogen) atoms. The number of ether oxygens (including phenoxy) is 1. The summed E-state index contributed by atoms with van der Waals surface area (Å²) < 4.78 is 5.44. The lowest BCUT2D eigenvalue weighted by atomic mass is 9.89. The number of hydrogen-bond donors (Lipinski definition) is 2. The summed E-state index contributed by atoms with van der Waals surface area (Å²) in [5.74, 6) is 1.22. The number of amides is 2. The Kier molecular flexibility index (Phi) is 7.10. The second kappa shape index (κ2) is 10.1. The van der Waals surface area contributed by atoms with Crippen LogP contribution < -0.4 is 5.32 Å². The zero-order valence-corrected chi connectivity index (χ0v) is 21.2. The van der Waals surface area contributed by atoms with E-state index in [1.165, 1.54) is 0 Å². The third-order valence-corrected chi connectivity index (χ3v) is 6.41. The summed E-state index contributed by atoms with van der Waals surface area (Å²) >= 11 is 0. The van der Waals surface area contributed by atoms with Gasteiger partial charge in [-0.25, -0.2) is 9.78 Å². The van der Waals surface area contributed by atoms with Gasteiger partial charge in [-0.15, -0.1) is 0 Å². The molecular formula is C27H35N5O3. The molecule has 1 aromatic carbocycles. The fourth-order valence-corrected chi connectivity index (χ4v) is 4.68. The number of likely N-dealkylation sites (tertiary alicyclic amines) is 1. The number of carbonyl (C=O) groups excluding carboxylic acids is 2. The van der Waals surface area contributed by atoms with Crippen molar-refractivity contribution in [3.63, 3.8) is 0 Å². The number of rotatable bonds is 5. The number of aromatic nitrogens is 3. The number of piperidine rings is 1. The van der Waals surface area contributed by atoms with Crippen LogP contribution in [0.25, 0.3) is 11.0 Å². The van der Waals surface area contributed by atoms with Crippen LogP contribution in [0.4, 0.5) is 4.79 Å². The van der Waals surface area contributed by atoms with E-state index < -0.39 is 17.7 Å². The van der Waals surface area contributed by atoms with Gasteiger partial charge in [0.25, 0.3) is 0 Å². The molecule has 0 aliphatic carbocycles. The van der Waals surface area contributed by atoms with E-state index in [0.717, 1.165) is 46.5 Å². The summed E-state index contributed by atoms with van der Waals surface area (Å²) in [5, 5.41) is 2.89. The summed E-state index contributed by atoms with van der Waals surface area (Å²) in [7, 11) is 0. The number of aryl methyl sites for hydroxylation is 2. The van der Waals surface area contributed by atoms with Crippen LogP contribution in [0.2, 0.25) is 0 Å². The molecule has 0 bridgehead atoms. The summed E-state index contributed by atoms with van der Waals surface area (Å²) in [6.45, 7) is 10.7.